The summed E-state index contributed by atoms with van der Waals surface area (Å²) in [5.41, 5.74) is 4.43. The lowest BCUT2D eigenvalue weighted by Crippen LogP contribution is -1.85. The zero-order chi connectivity index (χ0) is 10.1. The third-order valence-corrected chi connectivity index (χ3v) is 3.95. The standard InChI is InChI=1S/C13H16S/c1-4-10-7-6-9(3)12-11(5-2)8-14-13(10)12/h6-8H,4-5H2,1-3H3. The predicted octanol–water partition coefficient (Wildman–Crippen LogP) is 4.33. The first-order valence-electron chi connectivity index (χ1n) is 5.26. The maximum Gasteiger partial charge on any atom is 0.0380 e. The van der Waals surface area contributed by atoms with Crippen molar-refractivity contribution in [1.29, 1.82) is 0 Å². The molecule has 2 rings (SSSR count). The molecule has 0 saturated carbocycles. The van der Waals surface area contributed by atoms with Crippen molar-refractivity contribution in [3.8, 4) is 0 Å². The van der Waals surface area contributed by atoms with Crippen molar-refractivity contribution in [3.63, 3.8) is 0 Å². The Hall–Kier alpha value is -0.820. The second-order valence-electron chi connectivity index (χ2n) is 3.71. The molecule has 2 aromatic rings. The Morgan fingerprint density at radius 2 is 1.79 bits per heavy atom. The molecule has 0 radical (unpaired) electrons. The van der Waals surface area contributed by atoms with E-state index in [0.717, 1.165) is 12.8 Å². The van der Waals surface area contributed by atoms with E-state index in [1.54, 1.807) is 0 Å². The predicted molar refractivity (Wildman–Crippen MR) is 65.3 cm³/mol. The van der Waals surface area contributed by atoms with E-state index >= 15 is 0 Å². The Morgan fingerprint density at radius 1 is 1.07 bits per heavy atom. The smallest absolute Gasteiger partial charge is 0.0380 e. The summed E-state index contributed by atoms with van der Waals surface area (Å²) in [6.45, 7) is 6.68. The highest BCUT2D eigenvalue weighted by Crippen LogP contribution is 2.32. The monoisotopic (exact) mass is 204 g/mol. The number of aryl methyl sites for hydroxylation is 3. The first kappa shape index (κ1) is 9.72. The minimum Gasteiger partial charge on any atom is -0.143 e. The molecule has 0 atom stereocenters. The highest BCUT2D eigenvalue weighted by atomic mass is 32.1. The maximum atomic E-state index is 2.32. The number of benzene rings is 1. The zero-order valence-corrected chi connectivity index (χ0v) is 9.87. The van der Waals surface area contributed by atoms with E-state index < -0.39 is 0 Å². The van der Waals surface area contributed by atoms with E-state index in [0.29, 0.717) is 0 Å². The molecule has 0 N–H and O–H groups in total. The van der Waals surface area contributed by atoms with Gasteiger partial charge in [-0.3, -0.25) is 0 Å². The fourth-order valence-electron chi connectivity index (χ4n) is 1.99. The van der Waals surface area contributed by atoms with Crippen molar-refractivity contribution >= 4 is 21.4 Å². The van der Waals surface area contributed by atoms with Gasteiger partial charge in [-0.1, -0.05) is 26.0 Å². The molecule has 0 aliphatic heterocycles. The van der Waals surface area contributed by atoms with Crippen LogP contribution in [0.3, 0.4) is 0 Å². The minimum atomic E-state index is 1.14. The third kappa shape index (κ3) is 1.36. The van der Waals surface area contributed by atoms with Gasteiger partial charge in [0.2, 0.25) is 0 Å². The van der Waals surface area contributed by atoms with Crippen molar-refractivity contribution in [2.24, 2.45) is 0 Å². The molecular formula is C13H16S. The molecule has 74 valence electrons. The van der Waals surface area contributed by atoms with Crippen LogP contribution in [-0.2, 0) is 12.8 Å². The second-order valence-corrected chi connectivity index (χ2v) is 4.59. The molecule has 14 heavy (non-hydrogen) atoms. The SMILES string of the molecule is CCc1ccc(C)c2c(CC)csc12. The molecule has 0 aliphatic rings. The lowest BCUT2D eigenvalue weighted by molar-refractivity contribution is 1.15. The van der Waals surface area contributed by atoms with Crippen LogP contribution in [-0.4, -0.2) is 0 Å². The maximum absolute atomic E-state index is 2.32. The van der Waals surface area contributed by atoms with Crippen LogP contribution in [0.2, 0.25) is 0 Å². The molecule has 1 aromatic heterocycles. The summed E-state index contributed by atoms with van der Waals surface area (Å²) in [5.74, 6) is 0. The van der Waals surface area contributed by atoms with E-state index in [1.807, 2.05) is 11.3 Å². The van der Waals surface area contributed by atoms with Gasteiger partial charge in [0.05, 0.1) is 0 Å². The molecule has 0 amide bonds. The van der Waals surface area contributed by atoms with Gasteiger partial charge in [0.25, 0.3) is 0 Å². The van der Waals surface area contributed by atoms with E-state index in [2.05, 4.69) is 38.3 Å². The van der Waals surface area contributed by atoms with Crippen LogP contribution >= 0.6 is 11.3 Å². The minimum absolute atomic E-state index is 1.14. The summed E-state index contributed by atoms with van der Waals surface area (Å²) in [6.07, 6.45) is 2.29. The van der Waals surface area contributed by atoms with E-state index in [4.69, 9.17) is 0 Å². The zero-order valence-electron chi connectivity index (χ0n) is 9.05. The Morgan fingerprint density at radius 3 is 2.43 bits per heavy atom. The topological polar surface area (TPSA) is 0 Å². The van der Waals surface area contributed by atoms with Gasteiger partial charge in [-0.25, -0.2) is 0 Å². The van der Waals surface area contributed by atoms with Crippen LogP contribution in [0, 0.1) is 6.92 Å². The molecular weight excluding hydrogens is 188 g/mol. The highest BCUT2D eigenvalue weighted by Gasteiger charge is 2.07. The molecule has 0 fully saturated rings. The summed E-state index contributed by atoms with van der Waals surface area (Å²) < 4.78 is 1.50. The fourth-order valence-corrected chi connectivity index (χ4v) is 3.30. The van der Waals surface area contributed by atoms with Crippen LogP contribution in [0.5, 0.6) is 0 Å². The molecule has 0 saturated heterocycles. The van der Waals surface area contributed by atoms with Crippen molar-refractivity contribution < 1.29 is 0 Å². The molecule has 0 bridgehead atoms. The quantitative estimate of drug-likeness (QED) is 0.683. The van der Waals surface area contributed by atoms with E-state index in [1.165, 1.54) is 26.8 Å². The molecule has 1 heterocycles. The van der Waals surface area contributed by atoms with Crippen molar-refractivity contribution in [2.75, 3.05) is 0 Å². The van der Waals surface area contributed by atoms with Gasteiger partial charge in [0, 0.05) is 4.70 Å². The lowest BCUT2D eigenvalue weighted by Gasteiger charge is -2.03. The Balaban J connectivity index is 2.80. The Bertz CT molecular complexity index is 451. The first-order valence-corrected chi connectivity index (χ1v) is 6.14. The number of hydrogen-bond donors (Lipinski definition) is 0. The number of thiophene rings is 1. The Kier molecular flexibility index (Phi) is 2.60. The molecule has 0 spiro atoms. The number of hydrogen-bond acceptors (Lipinski definition) is 1. The van der Waals surface area contributed by atoms with Crippen molar-refractivity contribution in [2.45, 2.75) is 33.6 Å². The molecule has 0 unspecified atom stereocenters. The second kappa shape index (κ2) is 3.74. The highest BCUT2D eigenvalue weighted by molar-refractivity contribution is 7.17. The van der Waals surface area contributed by atoms with E-state index in [9.17, 15) is 0 Å². The van der Waals surface area contributed by atoms with Crippen LogP contribution in [0.15, 0.2) is 17.5 Å². The summed E-state index contributed by atoms with van der Waals surface area (Å²) in [7, 11) is 0. The normalized spacial score (nSPS) is 11.1. The summed E-state index contributed by atoms with van der Waals surface area (Å²) in [4.78, 5) is 0. The molecule has 0 nitrogen and oxygen atoms in total. The van der Waals surface area contributed by atoms with Gasteiger partial charge in [0.1, 0.15) is 0 Å². The summed E-state index contributed by atoms with van der Waals surface area (Å²) in [6, 6.07) is 4.53. The van der Waals surface area contributed by atoms with Gasteiger partial charge in [-0.15, -0.1) is 11.3 Å². The third-order valence-electron chi connectivity index (χ3n) is 2.85. The fraction of sp³-hybridized carbons (Fsp3) is 0.385. The molecule has 1 aromatic carbocycles. The summed E-state index contributed by atoms with van der Waals surface area (Å²) >= 11 is 1.90. The van der Waals surface area contributed by atoms with E-state index in [-0.39, 0.29) is 0 Å². The van der Waals surface area contributed by atoms with Crippen molar-refractivity contribution in [3.05, 3.63) is 34.2 Å². The van der Waals surface area contributed by atoms with Gasteiger partial charge in [0.15, 0.2) is 0 Å². The Labute approximate surface area is 89.6 Å². The summed E-state index contributed by atoms with van der Waals surface area (Å²) in [5, 5.41) is 3.83. The number of rotatable bonds is 2. The van der Waals surface area contributed by atoms with Crippen LogP contribution in [0.1, 0.15) is 30.5 Å². The average Bonchev–Trinajstić information content (AvgIpc) is 2.63. The van der Waals surface area contributed by atoms with Gasteiger partial charge < -0.3 is 0 Å². The van der Waals surface area contributed by atoms with Gasteiger partial charge in [-0.2, -0.15) is 0 Å². The lowest BCUT2D eigenvalue weighted by atomic mass is 10.0. The van der Waals surface area contributed by atoms with Crippen LogP contribution in [0.25, 0.3) is 10.1 Å². The van der Waals surface area contributed by atoms with Gasteiger partial charge >= 0.3 is 0 Å². The largest absolute Gasteiger partial charge is 0.143 e. The van der Waals surface area contributed by atoms with Gasteiger partial charge in [-0.05, 0) is 47.2 Å². The van der Waals surface area contributed by atoms with Crippen molar-refractivity contribution in [1.82, 2.24) is 0 Å². The number of fused-ring (bicyclic) bond motifs is 1. The average molecular weight is 204 g/mol. The molecule has 0 aliphatic carbocycles. The first-order chi connectivity index (χ1) is 6.77. The van der Waals surface area contributed by atoms with Crippen LogP contribution in [0.4, 0.5) is 0 Å². The van der Waals surface area contributed by atoms with Crippen LogP contribution < -0.4 is 0 Å². The molecule has 1 heteroatoms.